The zero-order valence-corrected chi connectivity index (χ0v) is 7.76. The third kappa shape index (κ3) is 1.29. The van der Waals surface area contributed by atoms with Crippen LogP contribution in [0.5, 0.6) is 0 Å². The van der Waals surface area contributed by atoms with E-state index in [-0.39, 0.29) is 0 Å². The van der Waals surface area contributed by atoms with Crippen LogP contribution in [-0.4, -0.2) is 22.2 Å². The van der Waals surface area contributed by atoms with E-state index in [0.29, 0.717) is 0 Å². The normalized spacial score (nSPS) is 10.9. The number of aromatic amines is 1. The van der Waals surface area contributed by atoms with Gasteiger partial charge in [-0.25, -0.2) is 0 Å². The SMILES string of the molecule is CNCc1cnc(C)c2cn[nH]c12. The molecule has 0 spiro atoms. The van der Waals surface area contributed by atoms with Crippen molar-refractivity contribution in [2.75, 3.05) is 7.05 Å². The summed E-state index contributed by atoms with van der Waals surface area (Å²) in [5.41, 5.74) is 3.26. The van der Waals surface area contributed by atoms with Crippen molar-refractivity contribution in [3.05, 3.63) is 23.7 Å². The molecule has 2 heterocycles. The molecule has 13 heavy (non-hydrogen) atoms. The van der Waals surface area contributed by atoms with Gasteiger partial charge in [0.25, 0.3) is 0 Å². The van der Waals surface area contributed by atoms with Gasteiger partial charge in [-0.2, -0.15) is 5.10 Å². The van der Waals surface area contributed by atoms with E-state index < -0.39 is 0 Å². The Bertz CT molecular complexity index is 418. The van der Waals surface area contributed by atoms with Gasteiger partial charge < -0.3 is 5.32 Å². The molecule has 0 unspecified atom stereocenters. The zero-order valence-electron chi connectivity index (χ0n) is 7.76. The number of hydrogen-bond acceptors (Lipinski definition) is 3. The summed E-state index contributed by atoms with van der Waals surface area (Å²) in [6, 6.07) is 0. The maximum absolute atomic E-state index is 4.30. The Labute approximate surface area is 76.4 Å². The minimum Gasteiger partial charge on any atom is -0.316 e. The first-order valence-corrected chi connectivity index (χ1v) is 4.25. The fourth-order valence-corrected chi connectivity index (χ4v) is 1.44. The Morgan fingerprint density at radius 1 is 1.46 bits per heavy atom. The van der Waals surface area contributed by atoms with E-state index in [4.69, 9.17) is 0 Å². The lowest BCUT2D eigenvalue weighted by Gasteiger charge is -2.02. The van der Waals surface area contributed by atoms with Gasteiger partial charge >= 0.3 is 0 Å². The molecule has 0 bridgehead atoms. The second-order valence-electron chi connectivity index (χ2n) is 3.06. The van der Waals surface area contributed by atoms with Crippen molar-refractivity contribution in [1.82, 2.24) is 20.5 Å². The van der Waals surface area contributed by atoms with Crippen LogP contribution in [0.25, 0.3) is 10.9 Å². The predicted molar refractivity (Wildman–Crippen MR) is 51.4 cm³/mol. The van der Waals surface area contributed by atoms with Crippen molar-refractivity contribution in [2.45, 2.75) is 13.5 Å². The number of rotatable bonds is 2. The summed E-state index contributed by atoms with van der Waals surface area (Å²) in [6.45, 7) is 2.80. The molecule has 4 heteroatoms. The molecule has 0 aliphatic rings. The Balaban J connectivity index is 2.64. The smallest absolute Gasteiger partial charge is 0.0728 e. The molecule has 0 aliphatic heterocycles. The van der Waals surface area contributed by atoms with Crippen LogP contribution in [0.1, 0.15) is 11.3 Å². The van der Waals surface area contributed by atoms with Crippen molar-refractivity contribution in [2.24, 2.45) is 0 Å². The number of nitrogens with zero attached hydrogens (tertiary/aromatic N) is 2. The Hall–Kier alpha value is -1.42. The molecule has 2 N–H and O–H groups in total. The van der Waals surface area contributed by atoms with Gasteiger partial charge in [0.1, 0.15) is 0 Å². The summed E-state index contributed by atoms with van der Waals surface area (Å²) < 4.78 is 0. The van der Waals surface area contributed by atoms with E-state index >= 15 is 0 Å². The molecule has 2 aromatic heterocycles. The summed E-state index contributed by atoms with van der Waals surface area (Å²) in [5.74, 6) is 0. The molecule has 0 aromatic carbocycles. The van der Waals surface area contributed by atoms with Gasteiger partial charge in [0, 0.05) is 29.4 Å². The van der Waals surface area contributed by atoms with Crippen molar-refractivity contribution in [3.63, 3.8) is 0 Å². The summed E-state index contributed by atoms with van der Waals surface area (Å²) in [5, 5.41) is 11.2. The molecule has 0 aliphatic carbocycles. The highest BCUT2D eigenvalue weighted by Gasteiger charge is 2.04. The molecule has 0 atom stereocenters. The first-order valence-electron chi connectivity index (χ1n) is 4.25. The third-order valence-electron chi connectivity index (χ3n) is 2.13. The standard InChI is InChI=1S/C9H12N4/c1-6-8-5-12-13-9(8)7(3-10-2)4-11-6/h4-5,10H,3H2,1-2H3,(H,12,13). The summed E-state index contributed by atoms with van der Waals surface area (Å²) in [7, 11) is 1.92. The fraction of sp³-hybridized carbons (Fsp3) is 0.333. The van der Waals surface area contributed by atoms with Crippen molar-refractivity contribution in [1.29, 1.82) is 0 Å². The predicted octanol–water partition coefficient (Wildman–Crippen LogP) is 0.986. The lowest BCUT2D eigenvalue weighted by atomic mass is 10.2. The molecule has 68 valence electrons. The topological polar surface area (TPSA) is 53.6 Å². The van der Waals surface area contributed by atoms with E-state index in [1.807, 2.05) is 26.4 Å². The van der Waals surface area contributed by atoms with Crippen LogP contribution in [0.3, 0.4) is 0 Å². The molecule has 0 amide bonds. The number of hydrogen-bond donors (Lipinski definition) is 2. The van der Waals surface area contributed by atoms with Crippen LogP contribution in [-0.2, 0) is 6.54 Å². The highest BCUT2D eigenvalue weighted by atomic mass is 15.1. The minimum absolute atomic E-state index is 0.811. The van der Waals surface area contributed by atoms with Gasteiger partial charge in [-0.15, -0.1) is 0 Å². The lowest BCUT2D eigenvalue weighted by molar-refractivity contribution is 0.816. The zero-order chi connectivity index (χ0) is 9.26. The molecule has 0 radical (unpaired) electrons. The highest BCUT2D eigenvalue weighted by molar-refractivity contribution is 5.82. The van der Waals surface area contributed by atoms with Crippen molar-refractivity contribution in [3.8, 4) is 0 Å². The Morgan fingerprint density at radius 3 is 3.08 bits per heavy atom. The average Bonchev–Trinajstić information content (AvgIpc) is 2.59. The van der Waals surface area contributed by atoms with Gasteiger partial charge in [0.05, 0.1) is 11.7 Å². The number of aromatic nitrogens is 3. The molecular formula is C9H12N4. The molecule has 0 saturated heterocycles. The largest absolute Gasteiger partial charge is 0.316 e. The lowest BCUT2D eigenvalue weighted by Crippen LogP contribution is -2.06. The van der Waals surface area contributed by atoms with E-state index in [2.05, 4.69) is 20.5 Å². The molecule has 0 saturated carbocycles. The summed E-state index contributed by atoms with van der Waals surface area (Å²) >= 11 is 0. The Morgan fingerprint density at radius 2 is 2.31 bits per heavy atom. The number of H-pyrrole nitrogens is 1. The quantitative estimate of drug-likeness (QED) is 0.717. The maximum Gasteiger partial charge on any atom is 0.0728 e. The molecule has 0 fully saturated rings. The van der Waals surface area contributed by atoms with Crippen LogP contribution < -0.4 is 5.32 Å². The number of fused-ring (bicyclic) bond motifs is 1. The van der Waals surface area contributed by atoms with Gasteiger partial charge in [-0.1, -0.05) is 0 Å². The van der Waals surface area contributed by atoms with Crippen LogP contribution in [0, 0.1) is 6.92 Å². The first kappa shape index (κ1) is 8.19. The number of aryl methyl sites for hydroxylation is 1. The monoisotopic (exact) mass is 176 g/mol. The van der Waals surface area contributed by atoms with Crippen LogP contribution in [0.15, 0.2) is 12.4 Å². The summed E-state index contributed by atoms with van der Waals surface area (Å²) in [6.07, 6.45) is 3.70. The minimum atomic E-state index is 0.811. The highest BCUT2D eigenvalue weighted by Crippen LogP contribution is 2.17. The second-order valence-corrected chi connectivity index (χ2v) is 3.06. The third-order valence-corrected chi connectivity index (χ3v) is 2.13. The van der Waals surface area contributed by atoms with Crippen LogP contribution in [0.4, 0.5) is 0 Å². The number of nitrogens with one attached hydrogen (secondary N) is 2. The fourth-order valence-electron chi connectivity index (χ4n) is 1.44. The summed E-state index contributed by atoms with van der Waals surface area (Å²) in [4.78, 5) is 4.30. The van der Waals surface area contributed by atoms with E-state index in [0.717, 1.165) is 28.7 Å². The van der Waals surface area contributed by atoms with E-state index in [1.165, 1.54) is 0 Å². The maximum atomic E-state index is 4.30. The van der Waals surface area contributed by atoms with Crippen molar-refractivity contribution < 1.29 is 0 Å². The van der Waals surface area contributed by atoms with Gasteiger partial charge in [-0.3, -0.25) is 10.1 Å². The van der Waals surface area contributed by atoms with Gasteiger partial charge in [0.2, 0.25) is 0 Å². The van der Waals surface area contributed by atoms with E-state index in [1.54, 1.807) is 0 Å². The average molecular weight is 176 g/mol. The van der Waals surface area contributed by atoms with Crippen LogP contribution >= 0.6 is 0 Å². The van der Waals surface area contributed by atoms with Gasteiger partial charge in [0.15, 0.2) is 0 Å². The van der Waals surface area contributed by atoms with Gasteiger partial charge in [-0.05, 0) is 14.0 Å². The molecular weight excluding hydrogens is 164 g/mol. The van der Waals surface area contributed by atoms with Crippen molar-refractivity contribution >= 4 is 10.9 Å². The Kier molecular flexibility index (Phi) is 1.98. The van der Waals surface area contributed by atoms with E-state index in [9.17, 15) is 0 Å². The van der Waals surface area contributed by atoms with Crippen LogP contribution in [0.2, 0.25) is 0 Å². The first-order chi connectivity index (χ1) is 6.33. The molecule has 4 nitrogen and oxygen atoms in total. The second kappa shape index (κ2) is 3.14. The number of pyridine rings is 1. The molecule has 2 rings (SSSR count). The molecule has 2 aromatic rings.